The molecular formula is C19H27F3N6. The van der Waals surface area contributed by atoms with E-state index in [0.29, 0.717) is 18.8 Å². The van der Waals surface area contributed by atoms with Gasteiger partial charge in [-0.3, -0.25) is 4.90 Å². The Morgan fingerprint density at radius 3 is 2.43 bits per heavy atom. The summed E-state index contributed by atoms with van der Waals surface area (Å²) in [4.78, 5) is 4.36. The van der Waals surface area contributed by atoms with Gasteiger partial charge < -0.3 is 4.90 Å². The van der Waals surface area contributed by atoms with Crippen molar-refractivity contribution in [3.05, 3.63) is 35.7 Å². The maximum absolute atomic E-state index is 13.0. The standard InChI is InChI=1S/C19H27F3N6/c1-4-6-17(18-23-24-25-28(18)14(2)3)27-11-9-26(10-12-27)16-8-5-7-15(13-16)19(20,21)22/h5,7-8,13-14,17H,4,6,9-12H2,1-3H3/t17-/m1/s1. The lowest BCUT2D eigenvalue weighted by atomic mass is 10.1. The first-order valence-corrected chi connectivity index (χ1v) is 9.75. The molecule has 9 heteroatoms. The largest absolute Gasteiger partial charge is 0.416 e. The number of aromatic nitrogens is 4. The summed E-state index contributed by atoms with van der Waals surface area (Å²) in [6, 6.07) is 5.86. The predicted octanol–water partition coefficient (Wildman–Crippen LogP) is 3.94. The summed E-state index contributed by atoms with van der Waals surface area (Å²) in [6.45, 7) is 9.09. The molecule has 0 unspecified atom stereocenters. The van der Waals surface area contributed by atoms with Crippen molar-refractivity contribution in [3.8, 4) is 0 Å². The van der Waals surface area contributed by atoms with Crippen LogP contribution in [0.4, 0.5) is 18.9 Å². The highest BCUT2D eigenvalue weighted by Crippen LogP contribution is 2.33. The van der Waals surface area contributed by atoms with Gasteiger partial charge >= 0.3 is 6.18 Å². The van der Waals surface area contributed by atoms with Crippen LogP contribution in [0.5, 0.6) is 0 Å². The molecule has 1 aromatic carbocycles. The molecule has 0 aliphatic carbocycles. The van der Waals surface area contributed by atoms with Crippen LogP contribution in [-0.4, -0.2) is 51.3 Å². The smallest absolute Gasteiger partial charge is 0.369 e. The van der Waals surface area contributed by atoms with Gasteiger partial charge in [0.1, 0.15) is 0 Å². The Hall–Kier alpha value is -2.16. The topological polar surface area (TPSA) is 50.1 Å². The number of rotatable bonds is 6. The van der Waals surface area contributed by atoms with Crippen molar-refractivity contribution in [1.29, 1.82) is 0 Å². The molecule has 6 nitrogen and oxygen atoms in total. The van der Waals surface area contributed by atoms with Gasteiger partial charge in [-0.15, -0.1) is 5.10 Å². The molecule has 0 bridgehead atoms. The molecule has 154 valence electrons. The van der Waals surface area contributed by atoms with Gasteiger partial charge in [-0.1, -0.05) is 19.4 Å². The fraction of sp³-hybridized carbons (Fsp3) is 0.632. The maximum atomic E-state index is 13.0. The first kappa shape index (κ1) is 20.6. The highest BCUT2D eigenvalue weighted by Gasteiger charge is 2.32. The molecule has 2 aromatic rings. The van der Waals surface area contributed by atoms with Crippen molar-refractivity contribution in [1.82, 2.24) is 25.1 Å². The number of hydrogen-bond donors (Lipinski definition) is 0. The summed E-state index contributed by atoms with van der Waals surface area (Å²) >= 11 is 0. The van der Waals surface area contributed by atoms with Crippen molar-refractivity contribution in [2.75, 3.05) is 31.1 Å². The normalized spacial score (nSPS) is 17.3. The van der Waals surface area contributed by atoms with Crippen molar-refractivity contribution in [3.63, 3.8) is 0 Å². The van der Waals surface area contributed by atoms with Gasteiger partial charge in [-0.2, -0.15) is 13.2 Å². The van der Waals surface area contributed by atoms with Gasteiger partial charge in [0.25, 0.3) is 0 Å². The van der Waals surface area contributed by atoms with E-state index in [1.54, 1.807) is 6.07 Å². The molecule has 1 aliphatic heterocycles. The molecule has 0 amide bonds. The number of halogens is 3. The minimum atomic E-state index is -4.32. The average molecular weight is 396 g/mol. The van der Waals surface area contributed by atoms with Gasteiger partial charge in [-0.05, 0) is 48.9 Å². The Morgan fingerprint density at radius 2 is 1.82 bits per heavy atom. The molecule has 3 rings (SSSR count). The third kappa shape index (κ3) is 4.45. The van der Waals surface area contributed by atoms with E-state index in [1.807, 2.05) is 9.58 Å². The molecule has 0 radical (unpaired) electrons. The zero-order valence-corrected chi connectivity index (χ0v) is 16.5. The van der Waals surface area contributed by atoms with Gasteiger partial charge in [0.05, 0.1) is 17.6 Å². The minimum absolute atomic E-state index is 0.117. The number of hydrogen-bond acceptors (Lipinski definition) is 5. The van der Waals surface area contributed by atoms with Gasteiger partial charge in [0.2, 0.25) is 0 Å². The number of anilines is 1. The van der Waals surface area contributed by atoms with Gasteiger partial charge in [-0.25, -0.2) is 4.68 Å². The summed E-state index contributed by atoms with van der Waals surface area (Å²) in [7, 11) is 0. The number of benzene rings is 1. The van der Waals surface area contributed by atoms with Crippen molar-refractivity contribution in [2.45, 2.75) is 51.9 Å². The van der Waals surface area contributed by atoms with Crippen LogP contribution < -0.4 is 4.90 Å². The molecule has 1 aliphatic rings. The quantitative estimate of drug-likeness (QED) is 0.740. The van der Waals surface area contributed by atoms with E-state index in [9.17, 15) is 13.2 Å². The molecule has 0 N–H and O–H groups in total. The first-order chi connectivity index (χ1) is 13.3. The van der Waals surface area contributed by atoms with Gasteiger partial charge in [0.15, 0.2) is 5.82 Å². The number of piperazine rings is 1. The fourth-order valence-corrected chi connectivity index (χ4v) is 3.71. The molecule has 28 heavy (non-hydrogen) atoms. The molecule has 1 atom stereocenters. The van der Waals surface area contributed by atoms with Crippen LogP contribution in [0.25, 0.3) is 0 Å². The molecule has 2 heterocycles. The Labute approximate surface area is 163 Å². The lowest BCUT2D eigenvalue weighted by Crippen LogP contribution is -2.48. The maximum Gasteiger partial charge on any atom is 0.416 e. The van der Waals surface area contributed by atoms with Crippen molar-refractivity contribution < 1.29 is 13.2 Å². The summed E-state index contributed by atoms with van der Waals surface area (Å²) in [5.41, 5.74) is 0.0147. The number of tetrazole rings is 1. The lowest BCUT2D eigenvalue weighted by molar-refractivity contribution is -0.137. The molecular weight excluding hydrogens is 369 g/mol. The van der Waals surface area contributed by atoms with Crippen molar-refractivity contribution >= 4 is 5.69 Å². The van der Waals surface area contributed by atoms with Crippen LogP contribution in [-0.2, 0) is 6.18 Å². The zero-order chi connectivity index (χ0) is 20.3. The first-order valence-electron chi connectivity index (χ1n) is 9.75. The number of nitrogens with zero attached hydrogens (tertiary/aromatic N) is 6. The van der Waals surface area contributed by atoms with Crippen LogP contribution in [0.1, 0.15) is 57.1 Å². The second-order valence-electron chi connectivity index (χ2n) is 7.45. The second-order valence-corrected chi connectivity index (χ2v) is 7.45. The average Bonchev–Trinajstić information content (AvgIpc) is 3.15. The molecule has 0 spiro atoms. The van der Waals surface area contributed by atoms with E-state index >= 15 is 0 Å². The number of alkyl halides is 3. The molecule has 0 saturated carbocycles. The van der Waals surface area contributed by atoms with Crippen molar-refractivity contribution in [2.24, 2.45) is 0 Å². The van der Waals surface area contributed by atoms with E-state index in [2.05, 4.69) is 41.2 Å². The molecule has 1 fully saturated rings. The highest BCUT2D eigenvalue weighted by atomic mass is 19.4. The van der Waals surface area contributed by atoms with E-state index in [-0.39, 0.29) is 12.1 Å². The zero-order valence-electron chi connectivity index (χ0n) is 16.5. The van der Waals surface area contributed by atoms with Crippen LogP contribution >= 0.6 is 0 Å². The van der Waals surface area contributed by atoms with Crippen LogP contribution in [0.15, 0.2) is 24.3 Å². The van der Waals surface area contributed by atoms with E-state index < -0.39 is 11.7 Å². The Morgan fingerprint density at radius 1 is 1.11 bits per heavy atom. The third-order valence-electron chi connectivity index (χ3n) is 5.16. The Bertz CT molecular complexity index is 765. The van der Waals surface area contributed by atoms with Crippen LogP contribution in [0.3, 0.4) is 0 Å². The molecule has 1 aromatic heterocycles. The monoisotopic (exact) mass is 396 g/mol. The minimum Gasteiger partial charge on any atom is -0.369 e. The third-order valence-corrected chi connectivity index (χ3v) is 5.16. The predicted molar refractivity (Wildman–Crippen MR) is 101 cm³/mol. The fourth-order valence-electron chi connectivity index (χ4n) is 3.71. The van der Waals surface area contributed by atoms with Gasteiger partial charge in [0, 0.05) is 31.9 Å². The van der Waals surface area contributed by atoms with E-state index in [1.165, 1.54) is 12.1 Å². The van der Waals surface area contributed by atoms with Crippen LogP contribution in [0.2, 0.25) is 0 Å². The summed E-state index contributed by atoms with van der Waals surface area (Å²) in [5.74, 6) is 0.865. The SMILES string of the molecule is CCC[C@H](c1nnnn1C(C)C)N1CCN(c2cccc(C(F)(F)F)c2)CC1. The summed E-state index contributed by atoms with van der Waals surface area (Å²) in [5, 5.41) is 12.2. The lowest BCUT2D eigenvalue weighted by Gasteiger charge is -2.40. The Kier molecular flexibility index (Phi) is 6.22. The van der Waals surface area contributed by atoms with E-state index in [0.717, 1.165) is 37.8 Å². The highest BCUT2D eigenvalue weighted by molar-refractivity contribution is 5.49. The van der Waals surface area contributed by atoms with E-state index in [4.69, 9.17) is 0 Å². The summed E-state index contributed by atoms with van der Waals surface area (Å²) < 4.78 is 40.9. The second kappa shape index (κ2) is 8.46. The molecule has 1 saturated heterocycles. The Balaban J connectivity index is 1.72. The summed E-state index contributed by atoms with van der Waals surface area (Å²) in [6.07, 6.45) is -2.38. The van der Waals surface area contributed by atoms with Crippen LogP contribution in [0, 0.1) is 0 Å².